The standard InChI is InChI=1S/C17H16BrN3O2S/c1-11-6-12(9-23-2)15(8-19)17(20-11)24-10-16(22)21-14-5-3-4-13(18)7-14/h3-7H,9-10H2,1-2H3,(H,21,22). The number of hydrogen-bond acceptors (Lipinski definition) is 5. The maximum absolute atomic E-state index is 12.1. The van der Waals surface area contributed by atoms with Gasteiger partial charge in [0.2, 0.25) is 5.91 Å². The van der Waals surface area contributed by atoms with Gasteiger partial charge < -0.3 is 10.1 Å². The van der Waals surface area contributed by atoms with Crippen molar-refractivity contribution in [2.45, 2.75) is 18.6 Å². The van der Waals surface area contributed by atoms with Crippen molar-refractivity contribution in [3.8, 4) is 6.07 Å². The first-order valence-electron chi connectivity index (χ1n) is 7.11. The minimum atomic E-state index is -0.154. The van der Waals surface area contributed by atoms with Gasteiger partial charge in [-0.05, 0) is 36.8 Å². The van der Waals surface area contributed by atoms with Gasteiger partial charge in [-0.3, -0.25) is 4.79 Å². The Morgan fingerprint density at radius 1 is 1.46 bits per heavy atom. The van der Waals surface area contributed by atoms with Crippen molar-refractivity contribution in [3.63, 3.8) is 0 Å². The first-order chi connectivity index (χ1) is 11.5. The van der Waals surface area contributed by atoms with Crippen LogP contribution < -0.4 is 5.32 Å². The number of methoxy groups -OCH3 is 1. The molecule has 0 saturated carbocycles. The first kappa shape index (κ1) is 18.5. The number of nitrogens with zero attached hydrogens (tertiary/aromatic N) is 2. The molecule has 124 valence electrons. The van der Waals surface area contributed by atoms with Crippen molar-refractivity contribution in [2.24, 2.45) is 0 Å². The fourth-order valence-electron chi connectivity index (χ4n) is 2.10. The van der Waals surface area contributed by atoms with E-state index in [0.29, 0.717) is 22.9 Å². The highest BCUT2D eigenvalue weighted by Gasteiger charge is 2.13. The van der Waals surface area contributed by atoms with Crippen molar-refractivity contribution < 1.29 is 9.53 Å². The van der Waals surface area contributed by atoms with Crippen LogP contribution in [0.15, 0.2) is 39.8 Å². The van der Waals surface area contributed by atoms with Crippen molar-refractivity contribution >= 4 is 39.3 Å². The fourth-order valence-corrected chi connectivity index (χ4v) is 3.37. The Labute approximate surface area is 153 Å². The van der Waals surface area contributed by atoms with Crippen LogP contribution in [-0.2, 0) is 16.1 Å². The van der Waals surface area contributed by atoms with Gasteiger partial charge in [-0.15, -0.1) is 0 Å². The van der Waals surface area contributed by atoms with E-state index < -0.39 is 0 Å². The van der Waals surface area contributed by atoms with E-state index in [9.17, 15) is 10.1 Å². The Kier molecular flexibility index (Phi) is 6.79. The third kappa shape index (κ3) is 5.06. The zero-order valence-electron chi connectivity index (χ0n) is 13.3. The lowest BCUT2D eigenvalue weighted by Gasteiger charge is -2.10. The van der Waals surface area contributed by atoms with Gasteiger partial charge in [0.1, 0.15) is 11.1 Å². The third-order valence-electron chi connectivity index (χ3n) is 3.06. The number of pyridine rings is 1. The van der Waals surface area contributed by atoms with Crippen LogP contribution in [0.5, 0.6) is 0 Å². The van der Waals surface area contributed by atoms with Gasteiger partial charge in [-0.1, -0.05) is 33.8 Å². The number of carbonyl (C=O) groups is 1. The number of benzene rings is 1. The van der Waals surface area contributed by atoms with Crippen molar-refractivity contribution in [1.82, 2.24) is 4.98 Å². The largest absolute Gasteiger partial charge is 0.380 e. The molecule has 1 heterocycles. The van der Waals surface area contributed by atoms with Gasteiger partial charge in [0.05, 0.1) is 17.9 Å². The van der Waals surface area contributed by atoms with Gasteiger partial charge >= 0.3 is 0 Å². The number of amides is 1. The maximum Gasteiger partial charge on any atom is 0.234 e. The molecule has 0 aliphatic heterocycles. The van der Waals surface area contributed by atoms with E-state index in [0.717, 1.165) is 15.7 Å². The summed E-state index contributed by atoms with van der Waals surface area (Å²) in [6, 6.07) is 11.4. The normalized spacial score (nSPS) is 10.2. The van der Waals surface area contributed by atoms with E-state index in [1.807, 2.05) is 37.3 Å². The molecule has 2 rings (SSSR count). The Balaban J connectivity index is 2.08. The molecule has 2 aromatic rings. The van der Waals surface area contributed by atoms with Gasteiger partial charge in [0.15, 0.2) is 0 Å². The molecule has 1 aromatic carbocycles. The minimum absolute atomic E-state index is 0.154. The van der Waals surface area contributed by atoms with Crippen LogP contribution in [0.3, 0.4) is 0 Å². The second-order valence-corrected chi connectivity index (χ2v) is 6.87. The van der Waals surface area contributed by atoms with Crippen molar-refractivity contribution in [3.05, 3.63) is 51.6 Å². The Bertz CT molecular complexity index is 790. The molecule has 0 aliphatic carbocycles. The zero-order chi connectivity index (χ0) is 17.5. The van der Waals surface area contributed by atoms with Crippen LogP contribution in [0, 0.1) is 18.3 Å². The van der Waals surface area contributed by atoms with E-state index in [4.69, 9.17) is 4.74 Å². The van der Waals surface area contributed by atoms with Crippen LogP contribution in [-0.4, -0.2) is 23.8 Å². The molecular formula is C17H16BrN3O2S. The van der Waals surface area contributed by atoms with Gasteiger partial charge in [0.25, 0.3) is 0 Å². The number of halogens is 1. The number of aromatic nitrogens is 1. The highest BCUT2D eigenvalue weighted by Crippen LogP contribution is 2.25. The summed E-state index contributed by atoms with van der Waals surface area (Å²) in [6.07, 6.45) is 0. The maximum atomic E-state index is 12.1. The van der Waals surface area contributed by atoms with Crippen LogP contribution in [0.1, 0.15) is 16.8 Å². The number of rotatable bonds is 6. The number of ether oxygens (including phenoxy) is 1. The second-order valence-electron chi connectivity index (χ2n) is 4.99. The SMILES string of the molecule is COCc1cc(C)nc(SCC(=O)Nc2cccc(Br)c2)c1C#N. The predicted molar refractivity (Wildman–Crippen MR) is 97.9 cm³/mol. The highest BCUT2D eigenvalue weighted by molar-refractivity contribution is 9.10. The zero-order valence-corrected chi connectivity index (χ0v) is 15.7. The number of nitriles is 1. The molecular weight excluding hydrogens is 390 g/mol. The molecule has 0 spiro atoms. The second kappa shape index (κ2) is 8.83. The summed E-state index contributed by atoms with van der Waals surface area (Å²) in [6.45, 7) is 2.19. The molecule has 5 nitrogen and oxygen atoms in total. The summed E-state index contributed by atoms with van der Waals surface area (Å²) in [4.78, 5) is 16.5. The molecule has 24 heavy (non-hydrogen) atoms. The molecule has 0 saturated heterocycles. The summed E-state index contributed by atoms with van der Waals surface area (Å²) in [7, 11) is 1.58. The molecule has 1 aromatic heterocycles. The van der Waals surface area contributed by atoms with Gasteiger partial charge in [-0.2, -0.15) is 5.26 Å². The Morgan fingerprint density at radius 3 is 2.92 bits per heavy atom. The minimum Gasteiger partial charge on any atom is -0.380 e. The molecule has 7 heteroatoms. The number of nitrogens with one attached hydrogen (secondary N) is 1. The molecule has 1 N–H and O–H groups in total. The van der Waals surface area contributed by atoms with Crippen molar-refractivity contribution in [1.29, 1.82) is 5.26 Å². The van der Waals surface area contributed by atoms with E-state index in [-0.39, 0.29) is 11.7 Å². The number of aryl methyl sites for hydroxylation is 1. The number of carbonyl (C=O) groups excluding carboxylic acids is 1. The molecule has 0 atom stereocenters. The Hall–Kier alpha value is -1.88. The predicted octanol–water partition coefficient (Wildman–Crippen LogP) is 3.90. The highest BCUT2D eigenvalue weighted by atomic mass is 79.9. The molecule has 0 fully saturated rings. The van der Waals surface area contributed by atoms with E-state index >= 15 is 0 Å². The van der Waals surface area contributed by atoms with Crippen LogP contribution in [0.25, 0.3) is 0 Å². The summed E-state index contributed by atoms with van der Waals surface area (Å²) in [5.74, 6) is 0.0166. The lowest BCUT2D eigenvalue weighted by Crippen LogP contribution is -2.14. The van der Waals surface area contributed by atoms with Crippen LogP contribution in [0.4, 0.5) is 5.69 Å². The number of anilines is 1. The van der Waals surface area contributed by atoms with Gasteiger partial charge in [0, 0.05) is 23.0 Å². The summed E-state index contributed by atoms with van der Waals surface area (Å²) in [5.41, 5.74) is 2.74. The number of thioether (sulfide) groups is 1. The van der Waals surface area contributed by atoms with Crippen LogP contribution in [0.2, 0.25) is 0 Å². The first-order valence-corrected chi connectivity index (χ1v) is 8.89. The fraction of sp³-hybridized carbons (Fsp3) is 0.235. The smallest absolute Gasteiger partial charge is 0.234 e. The van der Waals surface area contributed by atoms with E-state index in [1.165, 1.54) is 11.8 Å². The number of hydrogen-bond donors (Lipinski definition) is 1. The quantitative estimate of drug-likeness (QED) is 0.737. The Morgan fingerprint density at radius 2 is 2.25 bits per heavy atom. The lowest BCUT2D eigenvalue weighted by atomic mass is 10.1. The topological polar surface area (TPSA) is 75.0 Å². The molecule has 0 bridgehead atoms. The van der Waals surface area contributed by atoms with Crippen molar-refractivity contribution in [2.75, 3.05) is 18.2 Å². The lowest BCUT2D eigenvalue weighted by molar-refractivity contribution is -0.113. The van der Waals surface area contributed by atoms with Crippen LogP contribution >= 0.6 is 27.7 Å². The summed E-state index contributed by atoms with van der Waals surface area (Å²) in [5, 5.41) is 12.8. The third-order valence-corrected chi connectivity index (χ3v) is 4.52. The molecule has 0 radical (unpaired) electrons. The molecule has 0 unspecified atom stereocenters. The monoisotopic (exact) mass is 405 g/mol. The molecule has 1 amide bonds. The average Bonchev–Trinajstić information content (AvgIpc) is 2.53. The van der Waals surface area contributed by atoms with Gasteiger partial charge in [-0.25, -0.2) is 4.98 Å². The van der Waals surface area contributed by atoms with E-state index in [2.05, 4.69) is 32.3 Å². The molecule has 0 aliphatic rings. The summed E-state index contributed by atoms with van der Waals surface area (Å²) < 4.78 is 6.02. The van der Waals surface area contributed by atoms with E-state index in [1.54, 1.807) is 7.11 Å². The summed E-state index contributed by atoms with van der Waals surface area (Å²) >= 11 is 4.61. The average molecular weight is 406 g/mol.